The van der Waals surface area contributed by atoms with Crippen molar-refractivity contribution >= 4 is 62.9 Å². The Morgan fingerprint density at radius 1 is 0.403 bits per heavy atom. The molecule has 5 rings (SSSR count). The molecule has 0 bridgehead atoms. The van der Waals surface area contributed by atoms with Crippen molar-refractivity contribution < 1.29 is 105 Å². The molecule has 5 aromatic rings. The fourth-order valence-corrected chi connectivity index (χ4v) is 4.41. The van der Waals surface area contributed by atoms with Crippen molar-refractivity contribution in [1.29, 1.82) is 0 Å². The molecular weight excluding hydrogens is 847 g/mol. The molecule has 0 radical (unpaired) electrons. The van der Waals surface area contributed by atoms with E-state index in [4.69, 9.17) is 64.5 Å². The van der Waals surface area contributed by atoms with E-state index in [1.807, 2.05) is 0 Å². The highest BCUT2D eigenvalue weighted by Crippen LogP contribution is 2.22. The average Bonchev–Trinajstić information content (AvgIpc) is 3.20. The summed E-state index contributed by atoms with van der Waals surface area (Å²) in [6.07, 6.45) is -9.62. The number of ether oxygens (including phenoxy) is 5. The molecular formula is C35H38B5F7O15. The third-order valence-electron chi connectivity index (χ3n) is 7.11. The van der Waals surface area contributed by atoms with Gasteiger partial charge in [-0.3, -0.25) is 0 Å². The molecule has 0 unspecified atom stereocenters. The van der Waals surface area contributed by atoms with E-state index < -0.39 is 65.6 Å². The van der Waals surface area contributed by atoms with E-state index in [9.17, 15) is 30.7 Å². The number of hydrogen-bond acceptors (Lipinski definition) is 15. The van der Waals surface area contributed by atoms with Crippen molar-refractivity contribution in [2.45, 2.75) is 12.7 Å². The summed E-state index contributed by atoms with van der Waals surface area (Å²) in [5.41, 5.74) is 0.191. The van der Waals surface area contributed by atoms with Gasteiger partial charge in [0.25, 0.3) is 0 Å². The molecule has 0 fully saturated rings. The lowest BCUT2D eigenvalue weighted by Crippen LogP contribution is -2.33. The Kier molecular flexibility index (Phi) is 23.6. The quantitative estimate of drug-likeness (QED) is 0.0585. The number of alkyl halides is 6. The van der Waals surface area contributed by atoms with Crippen LogP contribution in [0.25, 0.3) is 0 Å². The molecule has 15 nitrogen and oxygen atoms in total. The largest absolute Gasteiger partial charge is 0.573 e. The summed E-state index contributed by atoms with van der Waals surface area (Å²) in [5.74, 6) is -0.550. The van der Waals surface area contributed by atoms with Gasteiger partial charge in [-0.2, -0.15) is 0 Å². The second kappa shape index (κ2) is 26.8. The predicted octanol–water partition coefficient (Wildman–Crippen LogP) is -1.21. The van der Waals surface area contributed by atoms with Crippen LogP contribution in [-0.2, 0) is 0 Å². The molecule has 0 atom stereocenters. The van der Waals surface area contributed by atoms with Gasteiger partial charge in [0.1, 0.15) is 34.6 Å². The third kappa shape index (κ3) is 20.9. The van der Waals surface area contributed by atoms with Crippen LogP contribution < -0.4 is 51.0 Å². The zero-order valence-electron chi connectivity index (χ0n) is 32.5. The Bertz CT molecular complexity index is 2050. The van der Waals surface area contributed by atoms with Gasteiger partial charge >= 0.3 is 48.3 Å². The summed E-state index contributed by atoms with van der Waals surface area (Å²) in [4.78, 5) is 0. The number of hydrogen-bond donors (Lipinski definition) is 10. The van der Waals surface area contributed by atoms with Gasteiger partial charge in [-0.1, -0.05) is 66.7 Å². The number of para-hydroxylation sites is 2. The van der Waals surface area contributed by atoms with Crippen LogP contribution in [0.1, 0.15) is 0 Å². The fourth-order valence-electron chi connectivity index (χ4n) is 4.41. The van der Waals surface area contributed by atoms with Crippen molar-refractivity contribution in [1.82, 2.24) is 0 Å². The van der Waals surface area contributed by atoms with Crippen LogP contribution in [0.5, 0.6) is 28.7 Å². The van der Waals surface area contributed by atoms with E-state index in [1.165, 1.54) is 57.7 Å². The summed E-state index contributed by atoms with van der Waals surface area (Å²) in [6, 6.07) is 26.7. The van der Waals surface area contributed by atoms with Gasteiger partial charge in [0.2, 0.25) is 0 Å². The molecule has 0 aromatic heterocycles. The summed E-state index contributed by atoms with van der Waals surface area (Å²) in [7, 11) is -4.19. The van der Waals surface area contributed by atoms with E-state index >= 15 is 0 Å². The molecule has 62 heavy (non-hydrogen) atoms. The molecule has 0 heterocycles. The minimum absolute atomic E-state index is 0.0632. The highest BCUT2D eigenvalue weighted by molar-refractivity contribution is 6.61. The predicted molar refractivity (Wildman–Crippen MR) is 214 cm³/mol. The Balaban J connectivity index is 0.000000389. The molecule has 0 amide bonds. The Morgan fingerprint density at radius 2 is 0.806 bits per heavy atom. The third-order valence-corrected chi connectivity index (χ3v) is 7.11. The maximum absolute atomic E-state index is 12.9. The summed E-state index contributed by atoms with van der Waals surface area (Å²) < 4.78 is 105. The SMILES string of the molecule is COc1cccc(B(O)O)c1.COc1cccc(F)c1B(O)O.COc1ccccc1B(O)O.OB(O)c1cccc(OC(F)(F)F)c1.OB(O)c1ccccc1OC(F)(F)F. The Morgan fingerprint density at radius 3 is 1.19 bits per heavy atom. The van der Waals surface area contributed by atoms with Gasteiger partial charge in [0, 0.05) is 10.9 Å². The first-order valence-corrected chi connectivity index (χ1v) is 17.0. The van der Waals surface area contributed by atoms with Crippen molar-refractivity contribution in [3.05, 3.63) is 121 Å². The second-order valence-electron chi connectivity index (χ2n) is 11.4. The Hall–Kier alpha value is -5.47. The topological polar surface area (TPSA) is 248 Å². The molecule has 332 valence electrons. The summed E-state index contributed by atoms with van der Waals surface area (Å²) in [5, 5.41) is 87.4. The molecule has 0 aliphatic rings. The minimum Gasteiger partial charge on any atom is -0.497 e. The molecule has 0 saturated carbocycles. The molecule has 0 aliphatic heterocycles. The van der Waals surface area contributed by atoms with E-state index in [2.05, 4.69) is 9.47 Å². The highest BCUT2D eigenvalue weighted by atomic mass is 19.4. The molecule has 5 aromatic carbocycles. The van der Waals surface area contributed by atoms with Crippen molar-refractivity contribution in [3.63, 3.8) is 0 Å². The molecule has 0 saturated heterocycles. The Labute approximate surface area is 351 Å². The highest BCUT2D eigenvalue weighted by Gasteiger charge is 2.33. The first kappa shape index (κ1) is 54.6. The lowest BCUT2D eigenvalue weighted by Gasteiger charge is -2.12. The minimum atomic E-state index is -4.84. The van der Waals surface area contributed by atoms with Crippen LogP contribution in [0, 0.1) is 5.82 Å². The van der Waals surface area contributed by atoms with Crippen molar-refractivity contribution in [2.24, 2.45) is 0 Å². The standard InChI is InChI=1S/2C7H6BF3O3.C7H8BFO3.2C7H9BO3/c9-7(10,11)14-6-3-1-2-5(4-6)8(12)13;9-7(10,11)14-6-4-2-1-3-5(6)8(12)13;1-12-6-4-2-3-5(9)7(6)8(10)11;1-11-7-4-2-3-6(5-7)8(9)10;1-11-7-5-3-2-4-6(7)8(9)10/h2*1-4,12-13H;2-4,10-11H,1H3;2*2-5,9-10H,1H3. The number of benzene rings is 5. The molecule has 27 heteroatoms. The van der Waals surface area contributed by atoms with Crippen LogP contribution in [0.4, 0.5) is 30.7 Å². The van der Waals surface area contributed by atoms with Gasteiger partial charge in [-0.05, 0) is 59.5 Å². The molecule has 0 spiro atoms. The average molecular weight is 886 g/mol. The van der Waals surface area contributed by atoms with Crippen molar-refractivity contribution in [2.75, 3.05) is 21.3 Å². The fraction of sp³-hybridized carbons (Fsp3) is 0.143. The zero-order chi connectivity index (χ0) is 47.2. The smallest absolute Gasteiger partial charge is 0.497 e. The normalized spacial score (nSPS) is 10.3. The maximum Gasteiger partial charge on any atom is 0.573 e. The van der Waals surface area contributed by atoms with E-state index in [0.29, 0.717) is 22.4 Å². The lowest BCUT2D eigenvalue weighted by atomic mass is 9.79. The monoisotopic (exact) mass is 886 g/mol. The van der Waals surface area contributed by atoms with Crippen molar-refractivity contribution in [3.8, 4) is 28.7 Å². The van der Waals surface area contributed by atoms with Crippen LogP contribution in [0.2, 0.25) is 0 Å². The van der Waals surface area contributed by atoms with Gasteiger partial charge < -0.3 is 73.9 Å². The molecule has 10 N–H and O–H groups in total. The number of rotatable bonds is 10. The van der Waals surface area contributed by atoms with Crippen LogP contribution in [0.15, 0.2) is 115 Å². The van der Waals surface area contributed by atoms with Crippen LogP contribution in [0.3, 0.4) is 0 Å². The van der Waals surface area contributed by atoms with Crippen LogP contribution in [-0.4, -0.2) is 120 Å². The zero-order valence-corrected chi connectivity index (χ0v) is 32.5. The van der Waals surface area contributed by atoms with Gasteiger partial charge in [0.05, 0.1) is 26.8 Å². The van der Waals surface area contributed by atoms with Gasteiger partial charge in [-0.15, -0.1) is 26.3 Å². The van der Waals surface area contributed by atoms with Gasteiger partial charge in [-0.25, -0.2) is 4.39 Å². The van der Waals surface area contributed by atoms with Gasteiger partial charge in [0.15, 0.2) is 0 Å². The van der Waals surface area contributed by atoms with E-state index in [0.717, 1.165) is 30.3 Å². The van der Waals surface area contributed by atoms with E-state index in [1.54, 1.807) is 48.5 Å². The second-order valence-corrected chi connectivity index (χ2v) is 11.4. The maximum atomic E-state index is 12.9. The first-order chi connectivity index (χ1) is 28.9. The number of halogens is 7. The van der Waals surface area contributed by atoms with E-state index in [-0.39, 0.29) is 22.1 Å². The lowest BCUT2D eigenvalue weighted by molar-refractivity contribution is -0.275. The first-order valence-electron chi connectivity index (χ1n) is 17.0. The van der Waals surface area contributed by atoms with Crippen LogP contribution >= 0.6 is 0 Å². The summed E-state index contributed by atoms with van der Waals surface area (Å²) in [6.45, 7) is 0. The number of methoxy groups -OCH3 is 3. The summed E-state index contributed by atoms with van der Waals surface area (Å²) >= 11 is 0. The molecule has 0 aliphatic carbocycles.